The second-order valence-corrected chi connectivity index (χ2v) is 6.39. The normalized spacial score (nSPS) is 12.2. The van der Waals surface area contributed by atoms with Crippen molar-refractivity contribution in [3.8, 4) is 17.2 Å². The van der Waals surface area contributed by atoms with Crippen molar-refractivity contribution in [2.24, 2.45) is 0 Å². The summed E-state index contributed by atoms with van der Waals surface area (Å²) in [5, 5.41) is 0. The van der Waals surface area contributed by atoms with Gasteiger partial charge >= 0.3 is 0 Å². The van der Waals surface area contributed by atoms with Crippen LogP contribution in [0.2, 0.25) is 0 Å². The highest BCUT2D eigenvalue weighted by Gasteiger charge is 2.32. The molecule has 29 heavy (non-hydrogen) atoms. The van der Waals surface area contributed by atoms with Gasteiger partial charge in [0, 0.05) is 17.2 Å². The average Bonchev–Trinajstić information content (AvgIpc) is 2.74. The van der Waals surface area contributed by atoms with Crippen LogP contribution in [0.3, 0.4) is 0 Å². The van der Waals surface area contributed by atoms with E-state index in [0.29, 0.717) is 22.6 Å². The highest BCUT2D eigenvalue weighted by Crippen LogP contribution is 2.43. The second-order valence-electron chi connectivity index (χ2n) is 6.39. The van der Waals surface area contributed by atoms with Crippen molar-refractivity contribution < 1.29 is 23.5 Å². The molecule has 2 N–H and O–H groups in total. The topological polar surface area (TPSA) is 76.7 Å². The molecule has 7 heteroatoms. The molecule has 4 rings (SSSR count). The summed E-state index contributed by atoms with van der Waals surface area (Å²) in [5.74, 6) is -0.685. The third-order valence-corrected chi connectivity index (χ3v) is 4.43. The summed E-state index contributed by atoms with van der Waals surface area (Å²) in [5.41, 5.74) is 6.17. The van der Waals surface area contributed by atoms with Gasteiger partial charge in [0.1, 0.15) is 23.1 Å². The Morgan fingerprint density at radius 3 is 2.21 bits per heavy atom. The van der Waals surface area contributed by atoms with Crippen LogP contribution in [-0.2, 0) is 9.59 Å². The molecule has 0 saturated heterocycles. The zero-order valence-corrected chi connectivity index (χ0v) is 15.2. The number of amides is 2. The molecule has 2 amide bonds. The van der Waals surface area contributed by atoms with Gasteiger partial charge in [0.25, 0.3) is 11.8 Å². The fourth-order valence-electron chi connectivity index (χ4n) is 3.14. The summed E-state index contributed by atoms with van der Waals surface area (Å²) in [7, 11) is 0. The smallest absolute Gasteiger partial charge is 0.276 e. The molecule has 0 bridgehead atoms. The van der Waals surface area contributed by atoms with Crippen molar-refractivity contribution in [1.82, 2.24) is 10.9 Å². The zero-order valence-electron chi connectivity index (χ0n) is 15.2. The molecule has 6 nitrogen and oxygen atoms in total. The first-order chi connectivity index (χ1) is 14.1. The Hall–Kier alpha value is -3.87. The van der Waals surface area contributed by atoms with Gasteiger partial charge in [-0.3, -0.25) is 20.4 Å². The molecular weight excluding hydrogens is 375 g/mol. The van der Waals surface area contributed by atoms with Gasteiger partial charge in [-0.2, -0.15) is 0 Å². The maximum absolute atomic E-state index is 13.1. The highest BCUT2D eigenvalue weighted by atomic mass is 19.1. The summed E-state index contributed by atoms with van der Waals surface area (Å²) in [6.45, 7) is -0.370. The van der Waals surface area contributed by atoms with Gasteiger partial charge in [0.05, 0.1) is 5.92 Å². The van der Waals surface area contributed by atoms with Crippen LogP contribution in [0.5, 0.6) is 17.2 Å². The van der Waals surface area contributed by atoms with E-state index in [1.165, 1.54) is 24.3 Å². The fraction of sp³-hybridized carbons (Fsp3) is 0.0909. The van der Waals surface area contributed by atoms with Gasteiger partial charge in [0.2, 0.25) is 0 Å². The number of hydrogen-bond donors (Lipinski definition) is 2. The molecule has 3 aromatic carbocycles. The minimum absolute atomic E-state index is 0.221. The molecule has 0 atom stereocenters. The van der Waals surface area contributed by atoms with Gasteiger partial charge in [-0.25, -0.2) is 4.39 Å². The largest absolute Gasteiger partial charge is 0.484 e. The van der Waals surface area contributed by atoms with Crippen molar-refractivity contribution in [2.45, 2.75) is 5.92 Å². The third-order valence-electron chi connectivity index (χ3n) is 4.43. The molecular formula is C22H17FN2O4. The Kier molecular flexibility index (Phi) is 5.11. The minimum Gasteiger partial charge on any atom is -0.484 e. The summed E-state index contributed by atoms with van der Waals surface area (Å²) < 4.78 is 24.2. The van der Waals surface area contributed by atoms with E-state index in [4.69, 9.17) is 9.47 Å². The van der Waals surface area contributed by atoms with Gasteiger partial charge in [0.15, 0.2) is 6.61 Å². The molecule has 0 fully saturated rings. The summed E-state index contributed by atoms with van der Waals surface area (Å²) in [6.07, 6.45) is 0. The van der Waals surface area contributed by atoms with Gasteiger partial charge in [-0.05, 0) is 24.3 Å². The van der Waals surface area contributed by atoms with Crippen LogP contribution in [0, 0.1) is 5.82 Å². The first-order valence-electron chi connectivity index (χ1n) is 8.94. The van der Waals surface area contributed by atoms with Crippen molar-refractivity contribution in [1.29, 1.82) is 0 Å². The first kappa shape index (κ1) is 18.5. The summed E-state index contributed by atoms with van der Waals surface area (Å²) in [6, 6.07) is 19.9. The lowest BCUT2D eigenvalue weighted by Crippen LogP contribution is -2.46. The predicted octanol–water partition coefficient (Wildman–Crippen LogP) is 3.29. The number of para-hydroxylation sites is 2. The standard InChI is InChI=1S/C22H17FN2O4/c23-14-6-5-7-15(12-14)28-13-20(26)24-25-22(27)21-16-8-1-3-10-18(16)29-19-11-4-2-9-17(19)21/h1-12,21H,13H2,(H,24,26)(H,25,27). The SMILES string of the molecule is O=C(COc1cccc(F)c1)NNC(=O)C1c2ccccc2Oc2ccccc21. The number of carbonyl (C=O) groups excluding carboxylic acids is 2. The maximum Gasteiger partial charge on any atom is 0.276 e. The van der Waals surface area contributed by atoms with E-state index in [9.17, 15) is 14.0 Å². The first-order valence-corrected chi connectivity index (χ1v) is 8.94. The third kappa shape index (κ3) is 4.03. The average molecular weight is 392 g/mol. The van der Waals surface area contributed by atoms with Gasteiger partial charge in [-0.1, -0.05) is 42.5 Å². The number of halogens is 1. The fourth-order valence-corrected chi connectivity index (χ4v) is 3.14. The number of nitrogens with one attached hydrogen (secondary N) is 2. The molecule has 0 aromatic heterocycles. The van der Waals surface area contributed by atoms with Crippen LogP contribution < -0.4 is 20.3 Å². The lowest BCUT2D eigenvalue weighted by Gasteiger charge is -2.27. The molecule has 3 aromatic rings. The van der Waals surface area contributed by atoms with Crippen molar-refractivity contribution in [3.05, 3.63) is 89.7 Å². The predicted molar refractivity (Wildman–Crippen MR) is 103 cm³/mol. The Bertz CT molecular complexity index is 1020. The molecule has 0 spiro atoms. The van der Waals surface area contributed by atoms with E-state index < -0.39 is 23.5 Å². The number of fused-ring (bicyclic) bond motifs is 2. The molecule has 1 aliphatic rings. The van der Waals surface area contributed by atoms with Crippen molar-refractivity contribution >= 4 is 11.8 Å². The quantitative estimate of drug-likeness (QED) is 0.668. The number of rotatable bonds is 4. The maximum atomic E-state index is 13.1. The van der Waals surface area contributed by atoms with Crippen molar-refractivity contribution in [2.75, 3.05) is 6.61 Å². The molecule has 1 heterocycles. The van der Waals surface area contributed by atoms with Gasteiger partial charge in [-0.15, -0.1) is 0 Å². The highest BCUT2D eigenvalue weighted by molar-refractivity contribution is 5.91. The lowest BCUT2D eigenvalue weighted by atomic mass is 9.87. The Morgan fingerprint density at radius 1 is 0.897 bits per heavy atom. The molecule has 0 unspecified atom stereocenters. The Labute approximate surface area is 166 Å². The Balaban J connectivity index is 1.43. The zero-order chi connectivity index (χ0) is 20.2. The molecule has 0 radical (unpaired) electrons. The van der Waals surface area contributed by atoms with Crippen LogP contribution >= 0.6 is 0 Å². The van der Waals surface area contributed by atoms with Crippen LogP contribution in [-0.4, -0.2) is 18.4 Å². The number of hydrogen-bond acceptors (Lipinski definition) is 4. The summed E-state index contributed by atoms with van der Waals surface area (Å²) >= 11 is 0. The van der Waals surface area contributed by atoms with Crippen LogP contribution in [0.15, 0.2) is 72.8 Å². The lowest BCUT2D eigenvalue weighted by molar-refractivity contribution is -0.130. The number of hydrazine groups is 1. The van der Waals surface area contributed by atoms with Crippen LogP contribution in [0.1, 0.15) is 17.0 Å². The second kappa shape index (κ2) is 8.02. The number of benzene rings is 3. The minimum atomic E-state index is -0.638. The van der Waals surface area contributed by atoms with E-state index >= 15 is 0 Å². The van der Waals surface area contributed by atoms with Crippen LogP contribution in [0.4, 0.5) is 4.39 Å². The summed E-state index contributed by atoms with van der Waals surface area (Å²) in [4.78, 5) is 24.9. The van der Waals surface area contributed by atoms with E-state index in [0.717, 1.165) is 0 Å². The molecule has 0 saturated carbocycles. The van der Waals surface area contributed by atoms with E-state index in [-0.39, 0.29) is 12.4 Å². The van der Waals surface area contributed by atoms with Crippen molar-refractivity contribution in [3.63, 3.8) is 0 Å². The van der Waals surface area contributed by atoms with Crippen LogP contribution in [0.25, 0.3) is 0 Å². The van der Waals surface area contributed by atoms with Gasteiger partial charge < -0.3 is 9.47 Å². The molecule has 0 aliphatic carbocycles. The number of ether oxygens (including phenoxy) is 2. The van der Waals surface area contributed by atoms with E-state index in [2.05, 4.69) is 10.9 Å². The monoisotopic (exact) mass is 392 g/mol. The molecule has 1 aliphatic heterocycles. The molecule has 146 valence electrons. The number of carbonyl (C=O) groups is 2. The van der Waals surface area contributed by atoms with E-state index in [1.54, 1.807) is 12.1 Å². The van der Waals surface area contributed by atoms with E-state index in [1.807, 2.05) is 36.4 Å². The Morgan fingerprint density at radius 2 is 1.55 bits per heavy atom.